The molecule has 0 aliphatic carbocycles. The highest BCUT2D eigenvalue weighted by Gasteiger charge is 2.06. The number of nitrogens with one attached hydrogen (secondary N) is 1. The Kier molecular flexibility index (Phi) is 8.81. The van der Waals surface area contributed by atoms with Gasteiger partial charge in [0.2, 0.25) is 5.91 Å². The van der Waals surface area contributed by atoms with Crippen LogP contribution in [0.25, 0.3) is 5.57 Å². The summed E-state index contributed by atoms with van der Waals surface area (Å²) in [6.07, 6.45) is 11.9. The summed E-state index contributed by atoms with van der Waals surface area (Å²) in [5.74, 6) is 0.728. The molecule has 1 aromatic heterocycles. The Morgan fingerprint density at radius 2 is 1.78 bits per heavy atom. The highest BCUT2D eigenvalue weighted by molar-refractivity contribution is 5.89. The number of allylic oxidation sites excluding steroid dienone is 2. The fourth-order valence-corrected chi connectivity index (χ4v) is 3.50. The van der Waals surface area contributed by atoms with E-state index in [-0.39, 0.29) is 11.9 Å². The number of methoxy groups -OCH3 is 1. The van der Waals surface area contributed by atoms with Crippen molar-refractivity contribution >= 4 is 11.5 Å². The lowest BCUT2D eigenvalue weighted by Crippen LogP contribution is -2.31. The topological polar surface area (TPSA) is 51.2 Å². The van der Waals surface area contributed by atoms with E-state index in [0.717, 1.165) is 41.7 Å². The first-order valence-corrected chi connectivity index (χ1v) is 10.9. The van der Waals surface area contributed by atoms with Crippen LogP contribution in [0.3, 0.4) is 0 Å². The molecule has 0 unspecified atom stereocenters. The predicted octanol–water partition coefficient (Wildman–Crippen LogP) is 5.61. The fraction of sp³-hybridized carbons (Fsp3) is 0.214. The van der Waals surface area contributed by atoms with Crippen molar-refractivity contribution in [3.05, 3.63) is 114 Å². The van der Waals surface area contributed by atoms with Crippen molar-refractivity contribution in [3.8, 4) is 5.75 Å². The minimum absolute atomic E-state index is 0.0859. The van der Waals surface area contributed by atoms with Crippen molar-refractivity contribution in [2.24, 2.45) is 0 Å². The molecule has 1 N–H and O–H groups in total. The second-order valence-corrected chi connectivity index (χ2v) is 7.70. The van der Waals surface area contributed by atoms with E-state index in [9.17, 15) is 4.79 Å². The first-order valence-electron chi connectivity index (χ1n) is 10.9. The molecule has 4 heteroatoms. The third kappa shape index (κ3) is 7.24. The van der Waals surface area contributed by atoms with Crippen LogP contribution in [0, 0.1) is 0 Å². The SMILES string of the molecule is COc1ccc(/C(=C\C=C\C(=O)N[C@H](C)CCCc2cccnc2)c2ccccc2)cc1. The molecule has 0 saturated carbocycles. The van der Waals surface area contributed by atoms with Gasteiger partial charge in [-0.15, -0.1) is 0 Å². The summed E-state index contributed by atoms with van der Waals surface area (Å²) in [4.78, 5) is 16.5. The second kappa shape index (κ2) is 12.3. The number of hydrogen-bond donors (Lipinski definition) is 1. The molecule has 1 amide bonds. The quantitative estimate of drug-likeness (QED) is 0.339. The Morgan fingerprint density at radius 1 is 1.03 bits per heavy atom. The van der Waals surface area contributed by atoms with Gasteiger partial charge in [-0.25, -0.2) is 0 Å². The number of carbonyl (C=O) groups is 1. The highest BCUT2D eigenvalue weighted by atomic mass is 16.5. The van der Waals surface area contributed by atoms with Crippen molar-refractivity contribution in [2.75, 3.05) is 7.11 Å². The van der Waals surface area contributed by atoms with Gasteiger partial charge in [0, 0.05) is 24.5 Å². The summed E-state index contributed by atoms with van der Waals surface area (Å²) in [7, 11) is 1.66. The van der Waals surface area contributed by atoms with Gasteiger partial charge in [-0.05, 0) is 66.6 Å². The van der Waals surface area contributed by atoms with Crippen LogP contribution in [0.15, 0.2) is 97.4 Å². The molecule has 0 aliphatic heterocycles. The number of aromatic nitrogens is 1. The molecule has 1 heterocycles. The molecule has 32 heavy (non-hydrogen) atoms. The maximum absolute atomic E-state index is 12.4. The van der Waals surface area contributed by atoms with Gasteiger partial charge in [0.1, 0.15) is 5.75 Å². The van der Waals surface area contributed by atoms with Crippen LogP contribution in [0.5, 0.6) is 5.75 Å². The Balaban J connectivity index is 1.59. The van der Waals surface area contributed by atoms with Crippen molar-refractivity contribution < 1.29 is 9.53 Å². The lowest BCUT2D eigenvalue weighted by Gasteiger charge is -2.12. The normalized spacial score (nSPS) is 12.5. The molecule has 1 atom stereocenters. The van der Waals surface area contributed by atoms with Crippen LogP contribution >= 0.6 is 0 Å². The van der Waals surface area contributed by atoms with Crippen LogP contribution in [0.1, 0.15) is 36.5 Å². The Labute approximate surface area is 190 Å². The largest absolute Gasteiger partial charge is 0.497 e. The monoisotopic (exact) mass is 426 g/mol. The number of nitrogens with zero attached hydrogens (tertiary/aromatic N) is 1. The van der Waals surface area contributed by atoms with Crippen LogP contribution in [0.4, 0.5) is 0 Å². The molecule has 164 valence electrons. The number of carbonyl (C=O) groups excluding carboxylic acids is 1. The number of rotatable bonds is 10. The zero-order valence-corrected chi connectivity index (χ0v) is 18.7. The smallest absolute Gasteiger partial charge is 0.244 e. The lowest BCUT2D eigenvalue weighted by atomic mass is 9.97. The molecule has 3 rings (SSSR count). The molecule has 0 aliphatic rings. The Morgan fingerprint density at radius 3 is 2.47 bits per heavy atom. The van der Waals surface area contributed by atoms with Crippen LogP contribution in [-0.2, 0) is 11.2 Å². The minimum atomic E-state index is -0.0859. The van der Waals surface area contributed by atoms with E-state index < -0.39 is 0 Å². The summed E-state index contributed by atoms with van der Waals surface area (Å²) in [6.45, 7) is 2.04. The van der Waals surface area contributed by atoms with E-state index in [1.807, 2.05) is 73.8 Å². The summed E-state index contributed by atoms with van der Waals surface area (Å²) in [5, 5.41) is 3.05. The van der Waals surface area contributed by atoms with Gasteiger partial charge in [-0.2, -0.15) is 0 Å². The van der Waals surface area contributed by atoms with Gasteiger partial charge in [-0.3, -0.25) is 9.78 Å². The number of amides is 1. The average molecular weight is 427 g/mol. The first kappa shape index (κ1) is 23.0. The molecule has 0 spiro atoms. The molecule has 0 bridgehead atoms. The van der Waals surface area contributed by atoms with E-state index in [4.69, 9.17) is 4.74 Å². The van der Waals surface area contributed by atoms with E-state index in [2.05, 4.69) is 28.5 Å². The third-order valence-electron chi connectivity index (χ3n) is 5.21. The molecule has 3 aromatic rings. The number of benzene rings is 2. The summed E-state index contributed by atoms with van der Waals surface area (Å²) >= 11 is 0. The minimum Gasteiger partial charge on any atom is -0.497 e. The summed E-state index contributed by atoms with van der Waals surface area (Å²) < 4.78 is 5.27. The molecule has 0 saturated heterocycles. The fourth-order valence-electron chi connectivity index (χ4n) is 3.50. The van der Waals surface area contributed by atoms with Crippen molar-refractivity contribution in [3.63, 3.8) is 0 Å². The number of aryl methyl sites for hydroxylation is 1. The average Bonchev–Trinajstić information content (AvgIpc) is 2.83. The maximum atomic E-state index is 12.4. The predicted molar refractivity (Wildman–Crippen MR) is 130 cm³/mol. The second-order valence-electron chi connectivity index (χ2n) is 7.70. The van der Waals surface area contributed by atoms with Crippen LogP contribution in [0.2, 0.25) is 0 Å². The van der Waals surface area contributed by atoms with Crippen molar-refractivity contribution in [1.29, 1.82) is 0 Å². The van der Waals surface area contributed by atoms with Crippen LogP contribution in [-0.4, -0.2) is 24.0 Å². The van der Waals surface area contributed by atoms with Gasteiger partial charge in [0.25, 0.3) is 0 Å². The maximum Gasteiger partial charge on any atom is 0.244 e. The molecule has 4 nitrogen and oxygen atoms in total. The number of ether oxygens (including phenoxy) is 1. The zero-order chi connectivity index (χ0) is 22.6. The summed E-state index contributed by atoms with van der Waals surface area (Å²) in [6, 6.07) is 22.2. The standard InChI is InChI=1S/C28H30N2O2/c1-22(9-6-10-23-11-8-20-29-21-23)30-28(31)15-7-14-27(24-12-4-3-5-13-24)25-16-18-26(32-2)19-17-25/h3-5,7-8,11-22H,6,9-10H2,1-2H3,(H,30,31)/b15-7+,27-14-/t22-/m1/s1. The molecular formula is C28H30N2O2. The first-order chi connectivity index (χ1) is 15.7. The van der Waals surface area contributed by atoms with Gasteiger partial charge in [0.15, 0.2) is 0 Å². The van der Waals surface area contributed by atoms with Crippen molar-refractivity contribution in [1.82, 2.24) is 10.3 Å². The van der Waals surface area contributed by atoms with E-state index in [1.165, 1.54) is 5.56 Å². The Bertz CT molecular complexity index is 1030. The lowest BCUT2D eigenvalue weighted by molar-refractivity contribution is -0.117. The number of pyridine rings is 1. The van der Waals surface area contributed by atoms with Gasteiger partial charge in [-0.1, -0.05) is 60.7 Å². The summed E-state index contributed by atoms with van der Waals surface area (Å²) in [5.41, 5.74) is 4.42. The van der Waals surface area contributed by atoms with Gasteiger partial charge >= 0.3 is 0 Å². The molecular weight excluding hydrogens is 396 g/mol. The Hall–Kier alpha value is -3.66. The molecule has 0 fully saturated rings. The van der Waals surface area contributed by atoms with Gasteiger partial charge < -0.3 is 10.1 Å². The number of hydrogen-bond acceptors (Lipinski definition) is 3. The highest BCUT2D eigenvalue weighted by Crippen LogP contribution is 2.25. The third-order valence-corrected chi connectivity index (χ3v) is 5.21. The van der Waals surface area contributed by atoms with Crippen molar-refractivity contribution in [2.45, 2.75) is 32.2 Å². The zero-order valence-electron chi connectivity index (χ0n) is 18.7. The van der Waals surface area contributed by atoms with E-state index in [0.29, 0.717) is 0 Å². The van der Waals surface area contributed by atoms with E-state index >= 15 is 0 Å². The van der Waals surface area contributed by atoms with E-state index in [1.54, 1.807) is 19.4 Å². The van der Waals surface area contributed by atoms with Crippen LogP contribution < -0.4 is 10.1 Å². The molecule has 0 radical (unpaired) electrons. The van der Waals surface area contributed by atoms with Gasteiger partial charge in [0.05, 0.1) is 7.11 Å². The molecule has 2 aromatic carbocycles.